The number of thioether (sulfide) groups is 1. The third kappa shape index (κ3) is 2.50. The molecule has 0 aromatic heterocycles. The molecule has 3 fully saturated rings. The summed E-state index contributed by atoms with van der Waals surface area (Å²) in [5.74, 6) is 1.90. The number of carbonyl (C=O) groups is 1. The number of nitrogens with two attached hydrogens (primary N) is 1. The van der Waals surface area contributed by atoms with Crippen molar-refractivity contribution in [1.82, 2.24) is 5.32 Å². The van der Waals surface area contributed by atoms with Crippen molar-refractivity contribution in [2.45, 2.75) is 17.3 Å². The van der Waals surface area contributed by atoms with Crippen molar-refractivity contribution in [2.75, 3.05) is 19.0 Å². The minimum Gasteiger partial charge on any atom is -0.379 e. The molecule has 3 aliphatic heterocycles. The van der Waals surface area contributed by atoms with Crippen molar-refractivity contribution in [1.29, 1.82) is 0 Å². The van der Waals surface area contributed by atoms with Crippen molar-refractivity contribution in [3.63, 3.8) is 0 Å². The molecule has 3 unspecified atom stereocenters. The molecular weight excluding hydrogens is 260 g/mol. The molecule has 1 aromatic carbocycles. The maximum absolute atomic E-state index is 10.4. The van der Waals surface area contributed by atoms with E-state index in [0.717, 1.165) is 24.5 Å². The van der Waals surface area contributed by atoms with Crippen LogP contribution < -0.4 is 11.1 Å². The number of hydrogen-bond donors (Lipinski definition) is 2. The van der Waals surface area contributed by atoms with Crippen molar-refractivity contribution in [2.24, 2.45) is 11.7 Å². The topological polar surface area (TPSA) is 74.3 Å². The summed E-state index contributed by atoms with van der Waals surface area (Å²) in [7, 11) is 0. The van der Waals surface area contributed by atoms with Crippen LogP contribution in [0.2, 0.25) is 0 Å². The van der Waals surface area contributed by atoms with Gasteiger partial charge in [-0.1, -0.05) is 18.2 Å². The van der Waals surface area contributed by atoms with E-state index < -0.39 is 0 Å². The normalized spacial score (nSPS) is 34.5. The van der Waals surface area contributed by atoms with E-state index in [2.05, 4.69) is 17.1 Å². The fourth-order valence-corrected chi connectivity index (χ4v) is 4.48. The maximum atomic E-state index is 10.4. The Morgan fingerprint density at radius 3 is 2.79 bits per heavy atom. The van der Waals surface area contributed by atoms with Gasteiger partial charge in [0.2, 0.25) is 5.91 Å². The Morgan fingerprint density at radius 1 is 1.42 bits per heavy atom. The van der Waals surface area contributed by atoms with E-state index in [1.54, 1.807) is 24.3 Å². The first kappa shape index (κ1) is 13.0. The summed E-state index contributed by atoms with van der Waals surface area (Å²) in [4.78, 5) is 10.4. The molecule has 4 nitrogen and oxygen atoms in total. The van der Waals surface area contributed by atoms with Gasteiger partial charge in [-0.05, 0) is 30.2 Å². The van der Waals surface area contributed by atoms with Crippen LogP contribution in [0.15, 0.2) is 30.3 Å². The molecule has 1 spiro atoms. The van der Waals surface area contributed by atoms with Gasteiger partial charge in [-0.2, -0.15) is 0 Å². The first-order valence-corrected chi connectivity index (χ1v) is 7.59. The summed E-state index contributed by atoms with van der Waals surface area (Å²) in [6.45, 7) is 1.96. The summed E-state index contributed by atoms with van der Waals surface area (Å²) < 4.78 is 5.45. The predicted octanol–water partition coefficient (Wildman–Crippen LogP) is 1.22. The molecule has 3 atom stereocenters. The van der Waals surface area contributed by atoms with Crippen LogP contribution in [0.1, 0.15) is 16.8 Å². The second-order valence-corrected chi connectivity index (χ2v) is 6.30. The van der Waals surface area contributed by atoms with Gasteiger partial charge in [-0.15, -0.1) is 11.8 Å². The lowest BCUT2D eigenvalue weighted by Crippen LogP contribution is -2.37. The maximum Gasteiger partial charge on any atom is 0.248 e. The molecular formula is C14H18N2O2S. The van der Waals surface area contributed by atoms with E-state index in [4.69, 9.17) is 10.5 Å². The van der Waals surface area contributed by atoms with E-state index in [1.165, 1.54) is 12.2 Å². The van der Waals surface area contributed by atoms with Crippen LogP contribution in [0.5, 0.6) is 0 Å². The highest BCUT2D eigenvalue weighted by Gasteiger charge is 2.64. The highest BCUT2D eigenvalue weighted by Crippen LogP contribution is 2.52. The van der Waals surface area contributed by atoms with Gasteiger partial charge < -0.3 is 10.5 Å². The van der Waals surface area contributed by atoms with Gasteiger partial charge >= 0.3 is 0 Å². The Bertz CT molecular complexity index is 468. The first-order chi connectivity index (χ1) is 9.22. The summed E-state index contributed by atoms with van der Waals surface area (Å²) >= 11 is 2.08. The van der Waals surface area contributed by atoms with Crippen LogP contribution in [-0.2, 0) is 4.74 Å². The van der Waals surface area contributed by atoms with Gasteiger partial charge in [0, 0.05) is 12.2 Å². The van der Waals surface area contributed by atoms with Crippen LogP contribution >= 0.6 is 11.8 Å². The Morgan fingerprint density at radius 2 is 2.21 bits per heavy atom. The Labute approximate surface area is 117 Å². The quantitative estimate of drug-likeness (QED) is 0.758. The standard InChI is InChI=1S/C7H11NOS.C7H7NO/c1-2-9-4-7-5(1)3-10-6(7)8-7;8-7(9)6-4-2-1-3-5-6/h5-6,8H,1-4H2;1-5H,(H2,8,9). The molecule has 3 saturated heterocycles. The van der Waals surface area contributed by atoms with Gasteiger partial charge in [-0.3, -0.25) is 10.1 Å². The summed E-state index contributed by atoms with van der Waals surface area (Å²) in [6.07, 6.45) is 1.27. The molecule has 102 valence electrons. The number of nitrogens with one attached hydrogen (secondary N) is 1. The number of ether oxygens (including phenoxy) is 1. The molecule has 5 heteroatoms. The predicted molar refractivity (Wildman–Crippen MR) is 76.0 cm³/mol. The monoisotopic (exact) mass is 278 g/mol. The molecule has 1 aromatic rings. The Hall–Kier alpha value is -1.04. The highest BCUT2D eigenvalue weighted by molar-refractivity contribution is 8.00. The second kappa shape index (κ2) is 5.15. The van der Waals surface area contributed by atoms with Gasteiger partial charge in [0.25, 0.3) is 0 Å². The molecule has 1 amide bonds. The zero-order chi connectivity index (χ0) is 13.3. The van der Waals surface area contributed by atoms with E-state index in [-0.39, 0.29) is 5.91 Å². The molecule has 3 heterocycles. The largest absolute Gasteiger partial charge is 0.379 e. The van der Waals surface area contributed by atoms with E-state index >= 15 is 0 Å². The molecule has 0 radical (unpaired) electrons. The average Bonchev–Trinajstić information content (AvgIpc) is 3.02. The van der Waals surface area contributed by atoms with E-state index in [0.29, 0.717) is 11.1 Å². The van der Waals surface area contributed by atoms with Crippen LogP contribution in [0.3, 0.4) is 0 Å². The van der Waals surface area contributed by atoms with Crippen molar-refractivity contribution in [3.05, 3.63) is 35.9 Å². The Kier molecular flexibility index (Phi) is 3.52. The lowest BCUT2D eigenvalue weighted by Gasteiger charge is -2.26. The lowest BCUT2D eigenvalue weighted by molar-refractivity contribution is 0.0443. The van der Waals surface area contributed by atoms with Crippen LogP contribution in [-0.4, -0.2) is 35.8 Å². The smallest absolute Gasteiger partial charge is 0.248 e. The average molecular weight is 278 g/mol. The summed E-state index contributed by atoms with van der Waals surface area (Å²) in [6, 6.07) is 8.76. The number of rotatable bonds is 1. The number of primary amides is 1. The molecule has 3 aliphatic rings. The fourth-order valence-electron chi connectivity index (χ4n) is 2.73. The number of amides is 1. The summed E-state index contributed by atoms with van der Waals surface area (Å²) in [5, 5.41) is 4.27. The van der Waals surface area contributed by atoms with E-state index in [9.17, 15) is 4.79 Å². The number of carbonyl (C=O) groups excluding carboxylic acids is 1. The van der Waals surface area contributed by atoms with Crippen LogP contribution in [0, 0.1) is 5.92 Å². The molecule has 3 N–H and O–H groups in total. The number of hydrogen-bond acceptors (Lipinski definition) is 4. The fraction of sp³-hybridized carbons (Fsp3) is 0.500. The van der Waals surface area contributed by atoms with Crippen LogP contribution in [0.25, 0.3) is 0 Å². The van der Waals surface area contributed by atoms with Crippen molar-refractivity contribution < 1.29 is 9.53 Å². The minimum atomic E-state index is -0.379. The van der Waals surface area contributed by atoms with Gasteiger partial charge in [-0.25, -0.2) is 0 Å². The molecule has 19 heavy (non-hydrogen) atoms. The van der Waals surface area contributed by atoms with Crippen LogP contribution in [0.4, 0.5) is 0 Å². The zero-order valence-corrected chi connectivity index (χ0v) is 11.5. The van der Waals surface area contributed by atoms with Gasteiger partial charge in [0.1, 0.15) is 0 Å². The molecule has 0 bridgehead atoms. The zero-order valence-electron chi connectivity index (χ0n) is 10.7. The SMILES string of the molecule is C1CC2CSC3NC23CO1.NC(=O)c1ccccc1. The molecule has 0 aliphatic carbocycles. The van der Waals surface area contributed by atoms with Crippen molar-refractivity contribution in [3.8, 4) is 0 Å². The van der Waals surface area contributed by atoms with E-state index in [1.807, 2.05) is 6.07 Å². The second-order valence-electron chi connectivity index (χ2n) is 5.17. The third-order valence-electron chi connectivity index (χ3n) is 3.99. The lowest BCUT2D eigenvalue weighted by atomic mass is 9.90. The third-order valence-corrected chi connectivity index (χ3v) is 5.45. The van der Waals surface area contributed by atoms with Crippen molar-refractivity contribution >= 4 is 17.7 Å². The first-order valence-electron chi connectivity index (χ1n) is 6.54. The van der Waals surface area contributed by atoms with Gasteiger partial charge in [0.05, 0.1) is 17.5 Å². The molecule has 0 saturated carbocycles. The Balaban J connectivity index is 0.000000117. The summed E-state index contributed by atoms with van der Waals surface area (Å²) in [5.41, 5.74) is 5.98. The minimum absolute atomic E-state index is 0.379. The molecule has 4 rings (SSSR count). The highest BCUT2D eigenvalue weighted by atomic mass is 32.2. The number of benzene rings is 1. The van der Waals surface area contributed by atoms with Gasteiger partial charge in [0.15, 0.2) is 0 Å².